The zero-order valence-electron chi connectivity index (χ0n) is 11.9. The van der Waals surface area contributed by atoms with Crippen molar-refractivity contribution in [2.24, 2.45) is 7.05 Å². The van der Waals surface area contributed by atoms with Crippen LogP contribution in [-0.2, 0) is 20.0 Å². The predicted octanol–water partition coefficient (Wildman–Crippen LogP) is 3.75. The summed E-state index contributed by atoms with van der Waals surface area (Å²) in [6.45, 7) is 2.92. The Hall–Kier alpha value is -2.29. The van der Waals surface area contributed by atoms with Gasteiger partial charge < -0.3 is 5.32 Å². The lowest BCUT2D eigenvalue weighted by molar-refractivity contribution is 0.771. The molecule has 0 atom stereocenters. The van der Waals surface area contributed by atoms with Crippen LogP contribution in [0.2, 0.25) is 0 Å². The van der Waals surface area contributed by atoms with E-state index in [4.69, 9.17) is 0 Å². The fraction of sp³-hybridized carbons (Fsp3) is 0.235. The van der Waals surface area contributed by atoms with E-state index >= 15 is 0 Å². The summed E-state index contributed by atoms with van der Waals surface area (Å²) in [5.41, 5.74) is 4.76. The van der Waals surface area contributed by atoms with Crippen molar-refractivity contribution in [1.29, 1.82) is 0 Å². The van der Waals surface area contributed by atoms with Crippen LogP contribution in [0.15, 0.2) is 48.5 Å². The van der Waals surface area contributed by atoms with Crippen LogP contribution in [0, 0.1) is 0 Å². The van der Waals surface area contributed by atoms with E-state index in [0.29, 0.717) is 0 Å². The molecule has 1 N–H and O–H groups in total. The van der Waals surface area contributed by atoms with Crippen molar-refractivity contribution in [3.8, 4) is 0 Å². The van der Waals surface area contributed by atoms with Crippen LogP contribution in [0.4, 0.5) is 5.69 Å². The second-order valence-corrected chi connectivity index (χ2v) is 4.99. The third-order valence-electron chi connectivity index (χ3n) is 3.63. The van der Waals surface area contributed by atoms with Gasteiger partial charge in [0.25, 0.3) is 0 Å². The minimum Gasteiger partial charge on any atom is -0.379 e. The van der Waals surface area contributed by atoms with Gasteiger partial charge in [-0.25, -0.2) is 0 Å². The molecule has 0 spiro atoms. The molecule has 102 valence electrons. The fourth-order valence-corrected chi connectivity index (χ4v) is 2.51. The molecule has 3 rings (SSSR count). The zero-order valence-corrected chi connectivity index (χ0v) is 11.9. The Bertz CT molecular complexity index is 728. The molecule has 1 aromatic heterocycles. The van der Waals surface area contributed by atoms with E-state index in [1.165, 1.54) is 16.5 Å². The summed E-state index contributed by atoms with van der Waals surface area (Å²) >= 11 is 0. The number of aryl methyl sites for hydroxylation is 2. The van der Waals surface area contributed by atoms with Crippen molar-refractivity contribution in [1.82, 2.24) is 9.78 Å². The highest BCUT2D eigenvalue weighted by Crippen LogP contribution is 2.19. The standard InChI is InChI=1S/C17H19N3/c1-3-13-7-6-8-14(11-13)18-12-16-15-9-4-5-10-17(15)20(2)19-16/h4-11,18H,3,12H2,1-2H3. The Kier molecular flexibility index (Phi) is 3.42. The Morgan fingerprint density at radius 3 is 2.80 bits per heavy atom. The zero-order chi connectivity index (χ0) is 13.9. The lowest BCUT2D eigenvalue weighted by Gasteiger charge is -2.06. The molecule has 20 heavy (non-hydrogen) atoms. The molecule has 0 bridgehead atoms. The van der Waals surface area contributed by atoms with Gasteiger partial charge in [0.1, 0.15) is 0 Å². The molecule has 0 fully saturated rings. The van der Waals surface area contributed by atoms with Crippen molar-refractivity contribution in [2.75, 3.05) is 5.32 Å². The quantitative estimate of drug-likeness (QED) is 0.778. The summed E-state index contributed by atoms with van der Waals surface area (Å²) in [5, 5.41) is 9.28. The third-order valence-corrected chi connectivity index (χ3v) is 3.63. The van der Waals surface area contributed by atoms with E-state index in [-0.39, 0.29) is 0 Å². The number of anilines is 1. The van der Waals surface area contributed by atoms with Crippen molar-refractivity contribution in [2.45, 2.75) is 19.9 Å². The smallest absolute Gasteiger partial charge is 0.0894 e. The number of hydrogen-bond donors (Lipinski definition) is 1. The molecule has 0 unspecified atom stereocenters. The minimum atomic E-state index is 0.745. The number of para-hydroxylation sites is 1. The first-order valence-corrected chi connectivity index (χ1v) is 7.01. The van der Waals surface area contributed by atoms with Gasteiger partial charge in [0.2, 0.25) is 0 Å². The first kappa shape index (κ1) is 12.7. The van der Waals surface area contributed by atoms with Crippen LogP contribution >= 0.6 is 0 Å². The molecule has 2 aromatic carbocycles. The summed E-state index contributed by atoms with van der Waals surface area (Å²) in [6.07, 6.45) is 1.06. The highest BCUT2D eigenvalue weighted by atomic mass is 15.3. The molecule has 3 nitrogen and oxygen atoms in total. The Morgan fingerprint density at radius 1 is 1.10 bits per heavy atom. The van der Waals surface area contributed by atoms with Gasteiger partial charge in [-0.3, -0.25) is 4.68 Å². The summed E-state index contributed by atoms with van der Waals surface area (Å²) in [6, 6.07) is 16.9. The summed E-state index contributed by atoms with van der Waals surface area (Å²) in [5.74, 6) is 0. The van der Waals surface area contributed by atoms with Gasteiger partial charge in [-0.1, -0.05) is 37.3 Å². The van der Waals surface area contributed by atoms with Gasteiger partial charge >= 0.3 is 0 Å². The largest absolute Gasteiger partial charge is 0.379 e. The number of rotatable bonds is 4. The monoisotopic (exact) mass is 265 g/mol. The maximum absolute atomic E-state index is 4.60. The molecular weight excluding hydrogens is 246 g/mol. The summed E-state index contributed by atoms with van der Waals surface area (Å²) in [4.78, 5) is 0. The first-order chi connectivity index (χ1) is 9.78. The molecule has 3 aromatic rings. The minimum absolute atomic E-state index is 0.745. The van der Waals surface area contributed by atoms with Crippen LogP contribution in [0.1, 0.15) is 18.2 Å². The number of nitrogens with one attached hydrogen (secondary N) is 1. The maximum Gasteiger partial charge on any atom is 0.0894 e. The van der Waals surface area contributed by atoms with E-state index in [0.717, 1.165) is 24.3 Å². The number of hydrogen-bond acceptors (Lipinski definition) is 2. The Labute approximate surface area is 119 Å². The van der Waals surface area contributed by atoms with Gasteiger partial charge in [-0.15, -0.1) is 0 Å². The predicted molar refractivity (Wildman–Crippen MR) is 83.9 cm³/mol. The third kappa shape index (κ3) is 2.39. The van der Waals surface area contributed by atoms with Gasteiger partial charge in [0, 0.05) is 18.1 Å². The molecule has 3 heteroatoms. The van der Waals surface area contributed by atoms with Crippen LogP contribution < -0.4 is 5.32 Å². The number of nitrogens with zero attached hydrogens (tertiary/aromatic N) is 2. The first-order valence-electron chi connectivity index (χ1n) is 7.01. The van der Waals surface area contributed by atoms with Gasteiger partial charge in [0.15, 0.2) is 0 Å². The lowest BCUT2D eigenvalue weighted by atomic mass is 10.1. The maximum atomic E-state index is 4.60. The average Bonchev–Trinajstić information content (AvgIpc) is 2.82. The average molecular weight is 265 g/mol. The van der Waals surface area contributed by atoms with Gasteiger partial charge in [-0.2, -0.15) is 5.10 Å². The molecule has 0 aliphatic heterocycles. The molecule has 0 aliphatic carbocycles. The highest BCUT2D eigenvalue weighted by molar-refractivity contribution is 5.82. The van der Waals surface area contributed by atoms with E-state index in [9.17, 15) is 0 Å². The van der Waals surface area contributed by atoms with Crippen molar-refractivity contribution in [3.63, 3.8) is 0 Å². The molecule has 1 heterocycles. The van der Waals surface area contributed by atoms with Crippen LogP contribution in [0.3, 0.4) is 0 Å². The molecule has 0 aliphatic rings. The normalized spacial score (nSPS) is 10.9. The van der Waals surface area contributed by atoms with E-state index in [1.54, 1.807) is 0 Å². The van der Waals surface area contributed by atoms with E-state index in [1.807, 2.05) is 17.8 Å². The molecule has 0 saturated heterocycles. The Balaban J connectivity index is 1.83. The second kappa shape index (κ2) is 5.37. The van der Waals surface area contributed by atoms with Crippen molar-refractivity contribution >= 4 is 16.6 Å². The number of fused-ring (bicyclic) bond motifs is 1. The van der Waals surface area contributed by atoms with Crippen LogP contribution in [0.25, 0.3) is 10.9 Å². The van der Waals surface area contributed by atoms with Crippen molar-refractivity contribution in [3.05, 3.63) is 59.8 Å². The van der Waals surface area contributed by atoms with E-state index < -0.39 is 0 Å². The SMILES string of the molecule is CCc1cccc(NCc2nn(C)c3ccccc23)c1. The topological polar surface area (TPSA) is 29.9 Å². The highest BCUT2D eigenvalue weighted by Gasteiger charge is 2.07. The second-order valence-electron chi connectivity index (χ2n) is 4.99. The Morgan fingerprint density at radius 2 is 1.95 bits per heavy atom. The van der Waals surface area contributed by atoms with Crippen LogP contribution in [-0.4, -0.2) is 9.78 Å². The molecular formula is C17H19N3. The fourth-order valence-electron chi connectivity index (χ4n) is 2.51. The van der Waals surface area contributed by atoms with Crippen LogP contribution in [0.5, 0.6) is 0 Å². The summed E-state index contributed by atoms with van der Waals surface area (Å²) < 4.78 is 1.94. The number of benzene rings is 2. The molecule has 0 amide bonds. The van der Waals surface area contributed by atoms with E-state index in [2.05, 4.69) is 59.8 Å². The lowest BCUT2D eigenvalue weighted by Crippen LogP contribution is -2.01. The van der Waals surface area contributed by atoms with Crippen molar-refractivity contribution < 1.29 is 0 Å². The number of aromatic nitrogens is 2. The van der Waals surface area contributed by atoms with Gasteiger partial charge in [0.05, 0.1) is 17.8 Å². The summed E-state index contributed by atoms with van der Waals surface area (Å²) in [7, 11) is 1.99. The molecule has 0 radical (unpaired) electrons. The molecule has 0 saturated carbocycles. The van der Waals surface area contributed by atoms with Gasteiger partial charge in [-0.05, 0) is 30.2 Å².